The average molecular weight is 180 g/mol. The molecule has 13 heavy (non-hydrogen) atoms. The van der Waals surface area contributed by atoms with E-state index in [4.69, 9.17) is 5.11 Å². The zero-order valence-corrected chi connectivity index (χ0v) is 6.71. The highest BCUT2D eigenvalue weighted by Gasteiger charge is 2.17. The largest absolute Gasteiger partial charge is 0.493 e. The Morgan fingerprint density at radius 2 is 2.38 bits per heavy atom. The molecule has 0 radical (unpaired) electrons. The number of aromatic nitrogens is 2. The second-order valence-corrected chi connectivity index (χ2v) is 2.82. The van der Waals surface area contributed by atoms with Gasteiger partial charge < -0.3 is 10.2 Å². The van der Waals surface area contributed by atoms with Crippen LogP contribution >= 0.6 is 0 Å². The Bertz CT molecular complexity index is 422. The summed E-state index contributed by atoms with van der Waals surface area (Å²) in [5.41, 5.74) is -0.391. The molecule has 2 rings (SSSR count). The van der Waals surface area contributed by atoms with E-state index in [2.05, 4.69) is 4.98 Å². The second-order valence-electron chi connectivity index (χ2n) is 2.82. The van der Waals surface area contributed by atoms with Gasteiger partial charge in [0, 0.05) is 12.6 Å². The number of aliphatic hydroxyl groups is 1. The molecule has 0 saturated carbocycles. The van der Waals surface area contributed by atoms with Crippen molar-refractivity contribution in [1.82, 2.24) is 9.55 Å². The van der Waals surface area contributed by atoms with Crippen molar-refractivity contribution in [2.75, 3.05) is 0 Å². The third kappa shape index (κ3) is 1.23. The average Bonchev–Trinajstić information content (AvgIpc) is 2.07. The summed E-state index contributed by atoms with van der Waals surface area (Å²) < 4.78 is 1.22. The van der Waals surface area contributed by atoms with E-state index in [9.17, 15) is 9.90 Å². The molecule has 0 amide bonds. The van der Waals surface area contributed by atoms with Crippen LogP contribution in [-0.4, -0.2) is 19.8 Å². The monoisotopic (exact) mass is 180 g/mol. The van der Waals surface area contributed by atoms with Crippen LogP contribution < -0.4 is 5.56 Å². The third-order valence-corrected chi connectivity index (χ3v) is 1.88. The highest BCUT2D eigenvalue weighted by molar-refractivity contribution is 5.31. The molecule has 1 aromatic rings. The highest BCUT2D eigenvalue weighted by atomic mass is 16.3. The number of nitrogens with zero attached hydrogens (tertiary/aromatic N) is 2. The van der Waals surface area contributed by atoms with Crippen LogP contribution in [0.1, 0.15) is 18.3 Å². The molecule has 0 bridgehead atoms. The summed E-state index contributed by atoms with van der Waals surface area (Å²) in [6.45, 7) is 0. The molecule has 5 nitrogen and oxygen atoms in total. The first-order valence-corrected chi connectivity index (χ1v) is 3.85. The van der Waals surface area contributed by atoms with Crippen LogP contribution in [0.5, 0.6) is 5.88 Å². The van der Waals surface area contributed by atoms with Crippen LogP contribution in [0.2, 0.25) is 0 Å². The summed E-state index contributed by atoms with van der Waals surface area (Å²) in [5.74, 6) is -0.168. The minimum Gasteiger partial charge on any atom is -0.493 e. The lowest BCUT2D eigenvalue weighted by Crippen LogP contribution is -2.24. The van der Waals surface area contributed by atoms with Gasteiger partial charge in [0.2, 0.25) is 5.88 Å². The normalized spacial score (nSPS) is 19.9. The van der Waals surface area contributed by atoms with Gasteiger partial charge in [0.1, 0.15) is 11.9 Å². The predicted molar refractivity (Wildman–Crippen MR) is 45.1 cm³/mol. The summed E-state index contributed by atoms with van der Waals surface area (Å²) in [4.78, 5) is 14.9. The molecule has 1 aliphatic heterocycles. The molecule has 0 aromatic carbocycles. The van der Waals surface area contributed by atoms with E-state index in [1.54, 1.807) is 6.08 Å². The van der Waals surface area contributed by atoms with Gasteiger partial charge in [0.05, 0.1) is 6.07 Å². The van der Waals surface area contributed by atoms with E-state index in [1.807, 2.05) is 0 Å². The third-order valence-electron chi connectivity index (χ3n) is 1.88. The van der Waals surface area contributed by atoms with Crippen LogP contribution in [0.25, 0.3) is 6.20 Å². The first kappa shape index (κ1) is 8.00. The van der Waals surface area contributed by atoms with E-state index in [0.717, 1.165) is 6.07 Å². The van der Waals surface area contributed by atoms with Gasteiger partial charge in [-0.3, -0.25) is 9.36 Å². The Balaban J connectivity index is 2.72. The fraction of sp³-hybridized carbons (Fsp3) is 0.250. The van der Waals surface area contributed by atoms with Crippen molar-refractivity contribution < 1.29 is 10.2 Å². The molecular weight excluding hydrogens is 172 g/mol. The lowest BCUT2D eigenvalue weighted by molar-refractivity contribution is 0.164. The van der Waals surface area contributed by atoms with E-state index in [-0.39, 0.29) is 11.7 Å². The summed E-state index contributed by atoms with van der Waals surface area (Å²) in [6, 6.07) is 1.01. The van der Waals surface area contributed by atoms with Crippen molar-refractivity contribution in [2.45, 2.75) is 12.5 Å². The van der Waals surface area contributed by atoms with E-state index >= 15 is 0 Å². The lowest BCUT2D eigenvalue weighted by Gasteiger charge is -2.16. The highest BCUT2D eigenvalue weighted by Crippen LogP contribution is 2.19. The number of hydrogen-bond donors (Lipinski definition) is 2. The Hall–Kier alpha value is -1.62. The van der Waals surface area contributed by atoms with Gasteiger partial charge in [-0.1, -0.05) is 6.08 Å². The molecule has 2 N–H and O–H groups in total. The lowest BCUT2D eigenvalue weighted by atomic mass is 10.2. The maximum absolute atomic E-state index is 11.2. The second kappa shape index (κ2) is 2.70. The summed E-state index contributed by atoms with van der Waals surface area (Å²) in [6.07, 6.45) is 2.81. The Kier molecular flexibility index (Phi) is 1.66. The van der Waals surface area contributed by atoms with Crippen LogP contribution in [0.4, 0.5) is 0 Å². The molecule has 0 aliphatic carbocycles. The van der Waals surface area contributed by atoms with Crippen LogP contribution in [0, 0.1) is 0 Å². The van der Waals surface area contributed by atoms with Crippen molar-refractivity contribution in [2.24, 2.45) is 0 Å². The molecule has 1 aliphatic rings. The summed E-state index contributed by atoms with van der Waals surface area (Å²) >= 11 is 0. The number of aromatic hydroxyl groups is 1. The van der Waals surface area contributed by atoms with E-state index in [1.165, 1.54) is 10.8 Å². The van der Waals surface area contributed by atoms with Gasteiger partial charge in [-0.25, -0.2) is 0 Å². The molecule has 0 saturated heterocycles. The van der Waals surface area contributed by atoms with Gasteiger partial charge in [0.25, 0.3) is 5.56 Å². The van der Waals surface area contributed by atoms with E-state index < -0.39 is 11.7 Å². The topological polar surface area (TPSA) is 75.3 Å². The molecular formula is C8H8N2O3. The van der Waals surface area contributed by atoms with Crippen molar-refractivity contribution in [3.05, 3.63) is 28.3 Å². The van der Waals surface area contributed by atoms with Crippen molar-refractivity contribution >= 4 is 6.20 Å². The Morgan fingerprint density at radius 1 is 1.62 bits per heavy atom. The van der Waals surface area contributed by atoms with Crippen LogP contribution in [-0.2, 0) is 0 Å². The van der Waals surface area contributed by atoms with Gasteiger partial charge in [-0.15, -0.1) is 0 Å². The Labute approximate surface area is 73.6 Å². The summed E-state index contributed by atoms with van der Waals surface area (Å²) in [7, 11) is 0. The smallest absolute Gasteiger partial charge is 0.261 e. The zero-order valence-electron chi connectivity index (χ0n) is 6.71. The first-order valence-electron chi connectivity index (χ1n) is 3.85. The quantitative estimate of drug-likeness (QED) is 0.582. The van der Waals surface area contributed by atoms with Crippen molar-refractivity contribution in [3.63, 3.8) is 0 Å². The molecule has 1 atom stereocenters. The minimum absolute atomic E-state index is 0.188. The van der Waals surface area contributed by atoms with Gasteiger partial charge in [-0.2, -0.15) is 4.98 Å². The molecule has 0 fully saturated rings. The van der Waals surface area contributed by atoms with Crippen LogP contribution in [0.3, 0.4) is 0 Å². The molecule has 1 unspecified atom stereocenters. The van der Waals surface area contributed by atoms with Gasteiger partial charge in [-0.05, 0) is 0 Å². The fourth-order valence-corrected chi connectivity index (χ4v) is 1.28. The number of aliphatic hydroxyl groups excluding tert-OH is 1. The summed E-state index contributed by atoms with van der Waals surface area (Å²) in [5, 5.41) is 18.5. The molecule has 0 spiro atoms. The molecule has 2 heterocycles. The number of hydrogen-bond acceptors (Lipinski definition) is 4. The van der Waals surface area contributed by atoms with Crippen molar-refractivity contribution in [3.8, 4) is 5.88 Å². The first-order chi connectivity index (χ1) is 6.18. The predicted octanol–water partition coefficient (Wildman–Crippen LogP) is -0.143. The maximum atomic E-state index is 11.2. The maximum Gasteiger partial charge on any atom is 0.261 e. The molecule has 68 valence electrons. The SMILES string of the molecule is O=c1cc(O)nc2n1C=CCC2O. The standard InChI is InChI=1S/C8H8N2O3/c11-5-2-1-3-10-7(13)4-6(12)9-8(5)10/h1,3-5,11-12H,2H2. The minimum atomic E-state index is -0.815. The number of rotatable bonds is 0. The van der Waals surface area contributed by atoms with Gasteiger partial charge in [0.15, 0.2) is 0 Å². The fourth-order valence-electron chi connectivity index (χ4n) is 1.28. The van der Waals surface area contributed by atoms with Crippen molar-refractivity contribution in [1.29, 1.82) is 0 Å². The molecule has 1 aromatic heterocycles. The number of fused-ring (bicyclic) bond motifs is 1. The van der Waals surface area contributed by atoms with E-state index in [0.29, 0.717) is 6.42 Å². The molecule has 5 heteroatoms. The zero-order chi connectivity index (χ0) is 9.42. The van der Waals surface area contributed by atoms with Crippen LogP contribution in [0.15, 0.2) is 16.9 Å². The van der Waals surface area contributed by atoms with Gasteiger partial charge >= 0.3 is 0 Å². The Morgan fingerprint density at radius 3 is 3.15 bits per heavy atom.